The third-order valence-corrected chi connectivity index (χ3v) is 4.72. The SMILES string of the molecule is CC1(C)C2CC3CC1CC(O)(C2)O3. The highest BCUT2D eigenvalue weighted by atomic mass is 16.6. The van der Waals surface area contributed by atoms with Crippen LogP contribution in [-0.4, -0.2) is 17.0 Å². The van der Waals surface area contributed by atoms with Gasteiger partial charge in [0.05, 0.1) is 6.10 Å². The third-order valence-electron chi connectivity index (χ3n) is 4.72. The first-order chi connectivity index (χ1) is 6.00. The fraction of sp³-hybridized carbons (Fsp3) is 1.00. The molecule has 74 valence electrons. The Morgan fingerprint density at radius 3 is 2.15 bits per heavy atom. The molecule has 1 N–H and O–H groups in total. The molecule has 2 heterocycles. The molecule has 13 heavy (non-hydrogen) atoms. The van der Waals surface area contributed by atoms with Crippen LogP contribution in [-0.2, 0) is 4.74 Å². The van der Waals surface area contributed by atoms with Crippen molar-refractivity contribution in [2.75, 3.05) is 0 Å². The summed E-state index contributed by atoms with van der Waals surface area (Å²) in [6.07, 6.45) is 4.44. The van der Waals surface area contributed by atoms with Gasteiger partial charge < -0.3 is 9.84 Å². The lowest BCUT2D eigenvalue weighted by atomic mass is 9.52. The molecular formula is C11H18O2. The average Bonchev–Trinajstić information content (AvgIpc) is 1.97. The van der Waals surface area contributed by atoms with Gasteiger partial charge in [-0.2, -0.15) is 0 Å². The molecule has 4 aliphatic rings. The highest BCUT2D eigenvalue weighted by molar-refractivity contribution is 5.04. The highest BCUT2D eigenvalue weighted by Crippen LogP contribution is 2.60. The molecule has 2 nitrogen and oxygen atoms in total. The summed E-state index contributed by atoms with van der Waals surface area (Å²) in [5, 5.41) is 10.1. The van der Waals surface area contributed by atoms with Gasteiger partial charge in [-0.25, -0.2) is 0 Å². The Bertz CT molecular complexity index is 228. The second-order valence-electron chi connectivity index (χ2n) is 5.78. The average molecular weight is 182 g/mol. The summed E-state index contributed by atoms with van der Waals surface area (Å²) in [6, 6.07) is 0. The summed E-state index contributed by atoms with van der Waals surface area (Å²) < 4.78 is 5.66. The first-order valence-electron chi connectivity index (χ1n) is 5.40. The summed E-state index contributed by atoms with van der Waals surface area (Å²) in [7, 11) is 0. The Hall–Kier alpha value is -0.0800. The van der Waals surface area contributed by atoms with Gasteiger partial charge in [-0.1, -0.05) is 13.8 Å². The van der Waals surface area contributed by atoms with Gasteiger partial charge in [-0.3, -0.25) is 0 Å². The van der Waals surface area contributed by atoms with Crippen LogP contribution in [0.4, 0.5) is 0 Å². The van der Waals surface area contributed by atoms with E-state index in [4.69, 9.17) is 4.74 Å². The number of ether oxygens (including phenoxy) is 1. The van der Waals surface area contributed by atoms with Crippen LogP contribution in [0.2, 0.25) is 0 Å². The van der Waals surface area contributed by atoms with E-state index in [2.05, 4.69) is 13.8 Å². The van der Waals surface area contributed by atoms with Gasteiger partial charge in [0.2, 0.25) is 0 Å². The van der Waals surface area contributed by atoms with E-state index in [0.29, 0.717) is 23.4 Å². The van der Waals surface area contributed by atoms with Crippen LogP contribution in [0.1, 0.15) is 39.5 Å². The zero-order valence-corrected chi connectivity index (χ0v) is 8.42. The molecule has 2 saturated carbocycles. The monoisotopic (exact) mass is 182 g/mol. The van der Waals surface area contributed by atoms with Crippen molar-refractivity contribution in [2.24, 2.45) is 17.3 Å². The summed E-state index contributed by atoms with van der Waals surface area (Å²) >= 11 is 0. The Morgan fingerprint density at radius 1 is 1.15 bits per heavy atom. The predicted molar refractivity (Wildman–Crippen MR) is 49.1 cm³/mol. The normalized spacial score (nSPS) is 57.0. The van der Waals surface area contributed by atoms with Crippen molar-refractivity contribution >= 4 is 0 Å². The van der Waals surface area contributed by atoms with Crippen LogP contribution in [0.5, 0.6) is 0 Å². The Morgan fingerprint density at radius 2 is 1.69 bits per heavy atom. The molecule has 2 aliphatic carbocycles. The number of rotatable bonds is 0. The van der Waals surface area contributed by atoms with Gasteiger partial charge in [0.1, 0.15) is 0 Å². The summed E-state index contributed by atoms with van der Waals surface area (Å²) in [4.78, 5) is 0. The number of hydrogen-bond donors (Lipinski definition) is 1. The van der Waals surface area contributed by atoms with Gasteiger partial charge >= 0.3 is 0 Å². The fourth-order valence-corrected chi connectivity index (χ4v) is 3.72. The molecule has 4 bridgehead atoms. The topological polar surface area (TPSA) is 29.5 Å². The second-order valence-corrected chi connectivity index (χ2v) is 5.78. The zero-order chi connectivity index (χ0) is 9.27. The molecule has 0 aromatic rings. The van der Waals surface area contributed by atoms with E-state index in [-0.39, 0.29) is 0 Å². The maximum absolute atomic E-state index is 10.1. The Balaban J connectivity index is 1.99. The molecule has 0 aromatic heterocycles. The predicted octanol–water partition coefficient (Wildman–Crippen LogP) is 1.92. The van der Waals surface area contributed by atoms with E-state index < -0.39 is 5.79 Å². The molecule has 4 rings (SSSR count). The van der Waals surface area contributed by atoms with Gasteiger partial charge in [-0.15, -0.1) is 0 Å². The molecular weight excluding hydrogens is 164 g/mol. The van der Waals surface area contributed by atoms with Crippen LogP contribution in [0.15, 0.2) is 0 Å². The molecule has 0 amide bonds. The highest BCUT2D eigenvalue weighted by Gasteiger charge is 2.58. The first kappa shape index (κ1) is 8.25. The standard InChI is InChI=1S/C11H18O2/c1-10(2)7-3-9-4-8(10)6-11(12,5-7)13-9/h7-9,12H,3-6H2,1-2H3. The van der Waals surface area contributed by atoms with Crippen LogP contribution in [0, 0.1) is 17.3 Å². The Kier molecular flexibility index (Phi) is 1.34. The van der Waals surface area contributed by atoms with Gasteiger partial charge in [0.25, 0.3) is 0 Å². The lowest BCUT2D eigenvalue weighted by Crippen LogP contribution is -2.61. The van der Waals surface area contributed by atoms with Crippen molar-refractivity contribution in [1.29, 1.82) is 0 Å². The maximum Gasteiger partial charge on any atom is 0.166 e. The molecule has 2 unspecified atom stereocenters. The lowest BCUT2D eigenvalue weighted by Gasteiger charge is -2.61. The molecule has 0 aromatic carbocycles. The largest absolute Gasteiger partial charge is 0.365 e. The molecule has 2 saturated heterocycles. The minimum atomic E-state index is -0.744. The third kappa shape index (κ3) is 0.962. The van der Waals surface area contributed by atoms with Crippen LogP contribution >= 0.6 is 0 Å². The van der Waals surface area contributed by atoms with E-state index >= 15 is 0 Å². The lowest BCUT2D eigenvalue weighted by molar-refractivity contribution is -0.341. The van der Waals surface area contributed by atoms with Crippen molar-refractivity contribution in [3.05, 3.63) is 0 Å². The van der Waals surface area contributed by atoms with Crippen LogP contribution < -0.4 is 0 Å². The van der Waals surface area contributed by atoms with Crippen molar-refractivity contribution in [3.63, 3.8) is 0 Å². The van der Waals surface area contributed by atoms with Crippen LogP contribution in [0.25, 0.3) is 0 Å². The zero-order valence-electron chi connectivity index (χ0n) is 8.42. The first-order valence-corrected chi connectivity index (χ1v) is 5.40. The summed E-state index contributed by atoms with van der Waals surface area (Å²) in [5.74, 6) is 0.624. The molecule has 0 spiro atoms. The van der Waals surface area contributed by atoms with E-state index in [0.717, 1.165) is 12.8 Å². The quantitative estimate of drug-likeness (QED) is 0.620. The molecule has 2 heteroatoms. The van der Waals surface area contributed by atoms with Gasteiger partial charge in [-0.05, 0) is 30.1 Å². The summed E-state index contributed by atoms with van der Waals surface area (Å²) in [5.41, 5.74) is 0.437. The van der Waals surface area contributed by atoms with E-state index in [1.165, 1.54) is 12.8 Å². The fourth-order valence-electron chi connectivity index (χ4n) is 3.72. The van der Waals surface area contributed by atoms with Crippen molar-refractivity contribution in [2.45, 2.75) is 51.4 Å². The van der Waals surface area contributed by atoms with Crippen molar-refractivity contribution in [1.82, 2.24) is 0 Å². The second kappa shape index (κ2) is 2.12. The molecule has 4 fully saturated rings. The summed E-state index contributed by atoms with van der Waals surface area (Å²) in [6.45, 7) is 4.73. The molecule has 2 aliphatic heterocycles. The van der Waals surface area contributed by atoms with Gasteiger partial charge in [0.15, 0.2) is 5.79 Å². The van der Waals surface area contributed by atoms with Crippen molar-refractivity contribution < 1.29 is 9.84 Å². The van der Waals surface area contributed by atoms with Gasteiger partial charge in [0, 0.05) is 12.8 Å². The minimum absolute atomic E-state index is 0.357. The van der Waals surface area contributed by atoms with E-state index in [1.54, 1.807) is 0 Å². The van der Waals surface area contributed by atoms with E-state index in [9.17, 15) is 5.11 Å². The molecule has 0 radical (unpaired) electrons. The van der Waals surface area contributed by atoms with Crippen molar-refractivity contribution in [3.8, 4) is 0 Å². The number of hydrogen-bond acceptors (Lipinski definition) is 2. The number of aliphatic hydroxyl groups is 1. The smallest absolute Gasteiger partial charge is 0.166 e. The maximum atomic E-state index is 10.1. The minimum Gasteiger partial charge on any atom is -0.365 e. The molecule has 2 atom stereocenters. The van der Waals surface area contributed by atoms with E-state index in [1.807, 2.05) is 0 Å². The Labute approximate surface area is 79.3 Å². The van der Waals surface area contributed by atoms with Crippen LogP contribution in [0.3, 0.4) is 0 Å².